The molecule has 0 aromatic carbocycles. The molecule has 1 fully saturated rings. The summed E-state index contributed by atoms with van der Waals surface area (Å²) in [6.07, 6.45) is 3.74. The van der Waals surface area contributed by atoms with Gasteiger partial charge in [0.2, 0.25) is 0 Å². The highest BCUT2D eigenvalue weighted by atomic mass is 16.4. The second-order valence-corrected chi connectivity index (χ2v) is 5.96. The van der Waals surface area contributed by atoms with E-state index in [1.165, 1.54) is 0 Å². The van der Waals surface area contributed by atoms with Crippen molar-refractivity contribution in [2.75, 3.05) is 6.54 Å². The van der Waals surface area contributed by atoms with Gasteiger partial charge in [-0.1, -0.05) is 6.92 Å². The lowest BCUT2D eigenvalue weighted by Crippen LogP contribution is -2.50. The van der Waals surface area contributed by atoms with Crippen LogP contribution < -0.4 is 0 Å². The van der Waals surface area contributed by atoms with Crippen LogP contribution in [0.3, 0.4) is 0 Å². The fourth-order valence-electron chi connectivity index (χ4n) is 2.94. The molecule has 0 aromatic heterocycles. The molecule has 1 aliphatic heterocycles. The van der Waals surface area contributed by atoms with E-state index in [-0.39, 0.29) is 24.5 Å². The molecule has 0 bridgehead atoms. The zero-order chi connectivity index (χ0) is 15.3. The molecule has 0 aromatic rings. The maximum Gasteiger partial charge on any atom is 0.320 e. The Kier molecular flexibility index (Phi) is 6.30. The van der Waals surface area contributed by atoms with Crippen LogP contribution in [0.15, 0.2) is 0 Å². The van der Waals surface area contributed by atoms with Gasteiger partial charge in [0.15, 0.2) is 0 Å². The lowest BCUT2D eigenvalue weighted by Gasteiger charge is -2.36. The first-order valence-corrected chi connectivity index (χ1v) is 7.69. The third-order valence-electron chi connectivity index (χ3n) is 4.14. The van der Waals surface area contributed by atoms with E-state index in [9.17, 15) is 9.59 Å². The van der Waals surface area contributed by atoms with Crippen LogP contribution in [0.25, 0.3) is 0 Å². The van der Waals surface area contributed by atoms with E-state index < -0.39 is 5.97 Å². The molecule has 1 heterocycles. The summed E-state index contributed by atoms with van der Waals surface area (Å²) in [6.45, 7) is 8.71. The number of carboxylic acids is 1. The van der Waals surface area contributed by atoms with Crippen LogP contribution in [0.2, 0.25) is 0 Å². The van der Waals surface area contributed by atoms with Crippen LogP contribution in [0.1, 0.15) is 59.8 Å². The molecule has 2 amide bonds. The molecule has 0 aliphatic carbocycles. The Morgan fingerprint density at radius 3 is 2.50 bits per heavy atom. The van der Waals surface area contributed by atoms with Gasteiger partial charge in [0.25, 0.3) is 0 Å². The minimum absolute atomic E-state index is 0.0715. The van der Waals surface area contributed by atoms with Gasteiger partial charge in [0.05, 0.1) is 0 Å². The van der Waals surface area contributed by atoms with Gasteiger partial charge < -0.3 is 14.9 Å². The van der Waals surface area contributed by atoms with Crippen molar-refractivity contribution in [3.8, 4) is 0 Å². The number of urea groups is 1. The molecule has 1 rings (SSSR count). The van der Waals surface area contributed by atoms with Gasteiger partial charge in [0, 0.05) is 31.1 Å². The van der Waals surface area contributed by atoms with E-state index >= 15 is 0 Å². The lowest BCUT2D eigenvalue weighted by molar-refractivity contribution is -0.137. The number of aliphatic carboxylic acids is 1. The fourth-order valence-corrected chi connectivity index (χ4v) is 2.94. The highest BCUT2D eigenvalue weighted by molar-refractivity contribution is 5.76. The zero-order valence-corrected chi connectivity index (χ0v) is 13.1. The van der Waals surface area contributed by atoms with Crippen molar-refractivity contribution in [1.82, 2.24) is 9.80 Å². The quantitative estimate of drug-likeness (QED) is 0.815. The van der Waals surface area contributed by atoms with Crippen LogP contribution in [0.5, 0.6) is 0 Å². The third kappa shape index (κ3) is 4.12. The number of hydrogen-bond donors (Lipinski definition) is 1. The van der Waals surface area contributed by atoms with Gasteiger partial charge >= 0.3 is 12.0 Å². The largest absolute Gasteiger partial charge is 0.481 e. The van der Waals surface area contributed by atoms with Crippen LogP contribution in [0, 0.1) is 0 Å². The van der Waals surface area contributed by atoms with Crippen molar-refractivity contribution < 1.29 is 14.7 Å². The number of likely N-dealkylation sites (tertiary alicyclic amines) is 1. The van der Waals surface area contributed by atoms with Gasteiger partial charge in [-0.2, -0.15) is 0 Å². The normalized spacial score (nSPS) is 22.4. The molecule has 5 heteroatoms. The van der Waals surface area contributed by atoms with Crippen molar-refractivity contribution in [3.05, 3.63) is 0 Å². The maximum atomic E-state index is 12.7. The Bertz CT molecular complexity index is 344. The lowest BCUT2D eigenvalue weighted by atomic mass is 10.1. The number of carboxylic acid groups (broad SMARTS) is 1. The topological polar surface area (TPSA) is 60.9 Å². The van der Waals surface area contributed by atoms with Crippen molar-refractivity contribution in [1.29, 1.82) is 0 Å². The summed E-state index contributed by atoms with van der Waals surface area (Å²) in [5, 5.41) is 8.72. The van der Waals surface area contributed by atoms with E-state index in [4.69, 9.17) is 5.11 Å². The van der Waals surface area contributed by atoms with Gasteiger partial charge in [-0.3, -0.25) is 4.79 Å². The third-order valence-corrected chi connectivity index (χ3v) is 4.14. The van der Waals surface area contributed by atoms with Crippen molar-refractivity contribution in [2.24, 2.45) is 0 Å². The summed E-state index contributed by atoms with van der Waals surface area (Å²) in [5.74, 6) is -0.804. The Labute approximate surface area is 121 Å². The first kappa shape index (κ1) is 16.8. The number of carbonyl (C=O) groups is 2. The summed E-state index contributed by atoms with van der Waals surface area (Å²) >= 11 is 0. The molecule has 0 spiro atoms. The average Bonchev–Trinajstić information content (AvgIpc) is 2.74. The first-order chi connectivity index (χ1) is 9.38. The second kappa shape index (κ2) is 7.50. The van der Waals surface area contributed by atoms with E-state index in [0.717, 1.165) is 19.3 Å². The van der Waals surface area contributed by atoms with Gasteiger partial charge in [-0.25, -0.2) is 4.79 Å². The monoisotopic (exact) mass is 284 g/mol. The van der Waals surface area contributed by atoms with Crippen LogP contribution >= 0.6 is 0 Å². The van der Waals surface area contributed by atoms with E-state index in [2.05, 4.69) is 13.8 Å². The number of nitrogens with zero attached hydrogens (tertiary/aromatic N) is 2. The van der Waals surface area contributed by atoms with E-state index in [1.807, 2.05) is 23.6 Å². The van der Waals surface area contributed by atoms with Gasteiger partial charge in [-0.05, 0) is 46.5 Å². The highest BCUT2D eigenvalue weighted by Gasteiger charge is 2.36. The molecule has 0 radical (unpaired) electrons. The Morgan fingerprint density at radius 1 is 1.35 bits per heavy atom. The molecule has 5 nitrogen and oxygen atoms in total. The van der Waals surface area contributed by atoms with Crippen LogP contribution in [-0.2, 0) is 4.79 Å². The molecule has 0 saturated carbocycles. The molecule has 1 aliphatic rings. The minimum Gasteiger partial charge on any atom is -0.481 e. The van der Waals surface area contributed by atoms with Crippen LogP contribution in [-0.4, -0.2) is 51.6 Å². The Balaban J connectivity index is 2.70. The molecule has 20 heavy (non-hydrogen) atoms. The van der Waals surface area contributed by atoms with E-state index in [0.29, 0.717) is 19.0 Å². The molecular formula is C15H28N2O3. The highest BCUT2D eigenvalue weighted by Crippen LogP contribution is 2.27. The molecule has 1 N–H and O–H groups in total. The summed E-state index contributed by atoms with van der Waals surface area (Å²) in [5.41, 5.74) is 0. The molecule has 1 saturated heterocycles. The van der Waals surface area contributed by atoms with Crippen molar-refractivity contribution >= 4 is 12.0 Å². The van der Waals surface area contributed by atoms with Gasteiger partial charge in [-0.15, -0.1) is 0 Å². The zero-order valence-electron chi connectivity index (χ0n) is 13.1. The smallest absolute Gasteiger partial charge is 0.320 e. The Hall–Kier alpha value is -1.26. The Morgan fingerprint density at radius 2 is 2.00 bits per heavy atom. The second-order valence-electron chi connectivity index (χ2n) is 5.96. The molecule has 2 unspecified atom stereocenters. The number of amides is 2. The molecule has 116 valence electrons. The molecular weight excluding hydrogens is 256 g/mol. The van der Waals surface area contributed by atoms with Gasteiger partial charge in [0.1, 0.15) is 0 Å². The summed E-state index contributed by atoms with van der Waals surface area (Å²) in [4.78, 5) is 27.2. The maximum absolute atomic E-state index is 12.7. The average molecular weight is 284 g/mol. The summed E-state index contributed by atoms with van der Waals surface area (Å²) in [7, 11) is 0. The minimum atomic E-state index is -0.804. The fraction of sp³-hybridized carbons (Fsp3) is 0.867. The summed E-state index contributed by atoms with van der Waals surface area (Å²) < 4.78 is 0. The standard InChI is InChI=1S/C15H28N2O3/c1-5-13-9-8-12(4)17(13)15(20)16(11(2)3)10-6-7-14(18)19/h11-13H,5-10H2,1-4H3,(H,18,19). The van der Waals surface area contributed by atoms with Crippen molar-refractivity contribution in [2.45, 2.75) is 77.9 Å². The van der Waals surface area contributed by atoms with E-state index in [1.54, 1.807) is 0 Å². The molecule has 2 atom stereocenters. The van der Waals surface area contributed by atoms with Crippen LogP contribution in [0.4, 0.5) is 4.79 Å². The summed E-state index contributed by atoms with van der Waals surface area (Å²) in [6, 6.07) is 0.787. The number of carbonyl (C=O) groups excluding carboxylic acids is 1. The number of hydrogen-bond acceptors (Lipinski definition) is 2. The predicted octanol–water partition coefficient (Wildman–Crippen LogP) is 2.94. The predicted molar refractivity (Wildman–Crippen MR) is 78.7 cm³/mol. The van der Waals surface area contributed by atoms with Crippen molar-refractivity contribution in [3.63, 3.8) is 0 Å². The first-order valence-electron chi connectivity index (χ1n) is 7.69. The SMILES string of the molecule is CCC1CCC(C)N1C(=O)N(CCCC(=O)O)C(C)C. The number of rotatable bonds is 6.